The highest BCUT2D eigenvalue weighted by atomic mass is 16.6. The first-order valence-electron chi connectivity index (χ1n) is 10.3. The molecule has 174 valence electrons. The van der Waals surface area contributed by atoms with Gasteiger partial charge in [0.15, 0.2) is 0 Å². The summed E-state index contributed by atoms with van der Waals surface area (Å²) < 4.78 is 14.8. The van der Waals surface area contributed by atoms with Crippen LogP contribution in [0.1, 0.15) is 66.2 Å². The standard InChI is InChI=1S/C20H37N3O7/c1-6-7-14-29-18(26)22-13-8-10-15(23-19(27)30-20(2,3)4)17(25)21-12-9-11-16(24)28-5/h15H,6-14H2,1-5H3,(H,21,25)(H,22,26)(H,23,27). The van der Waals surface area contributed by atoms with Crippen LogP contribution in [0.4, 0.5) is 9.59 Å². The monoisotopic (exact) mass is 431 g/mol. The number of methoxy groups -OCH3 is 1. The van der Waals surface area contributed by atoms with Gasteiger partial charge in [0.25, 0.3) is 0 Å². The molecule has 30 heavy (non-hydrogen) atoms. The second-order valence-corrected chi connectivity index (χ2v) is 7.73. The van der Waals surface area contributed by atoms with Crippen LogP contribution in [0, 0.1) is 0 Å². The summed E-state index contributed by atoms with van der Waals surface area (Å²) in [6.07, 6.45) is 1.85. The number of hydrogen-bond donors (Lipinski definition) is 3. The molecular weight excluding hydrogens is 394 g/mol. The van der Waals surface area contributed by atoms with Crippen LogP contribution in [0.3, 0.4) is 0 Å². The molecule has 0 aliphatic carbocycles. The first kappa shape index (κ1) is 27.5. The Morgan fingerprint density at radius 3 is 2.20 bits per heavy atom. The quantitative estimate of drug-likeness (QED) is 0.231. The smallest absolute Gasteiger partial charge is 0.408 e. The molecule has 0 aromatic heterocycles. The van der Waals surface area contributed by atoms with Gasteiger partial charge in [0, 0.05) is 19.5 Å². The molecule has 0 bridgehead atoms. The van der Waals surface area contributed by atoms with Crippen molar-refractivity contribution in [3.05, 3.63) is 0 Å². The van der Waals surface area contributed by atoms with Gasteiger partial charge in [-0.2, -0.15) is 0 Å². The third-order valence-corrected chi connectivity index (χ3v) is 3.76. The minimum absolute atomic E-state index is 0.186. The summed E-state index contributed by atoms with van der Waals surface area (Å²) in [4.78, 5) is 47.2. The highest BCUT2D eigenvalue weighted by Gasteiger charge is 2.24. The van der Waals surface area contributed by atoms with E-state index in [2.05, 4.69) is 20.7 Å². The zero-order valence-electron chi connectivity index (χ0n) is 18.8. The molecule has 0 heterocycles. The number of rotatable bonds is 13. The van der Waals surface area contributed by atoms with E-state index in [0.29, 0.717) is 26.0 Å². The van der Waals surface area contributed by atoms with Gasteiger partial charge < -0.3 is 30.2 Å². The molecule has 10 nitrogen and oxygen atoms in total. The van der Waals surface area contributed by atoms with E-state index in [1.54, 1.807) is 20.8 Å². The molecular formula is C20H37N3O7. The van der Waals surface area contributed by atoms with Crippen LogP contribution < -0.4 is 16.0 Å². The van der Waals surface area contributed by atoms with E-state index >= 15 is 0 Å². The van der Waals surface area contributed by atoms with Crippen LogP contribution in [0.25, 0.3) is 0 Å². The summed E-state index contributed by atoms with van der Waals surface area (Å²) in [5.41, 5.74) is -0.699. The zero-order chi connectivity index (χ0) is 23.0. The third kappa shape index (κ3) is 15.4. The van der Waals surface area contributed by atoms with E-state index in [1.165, 1.54) is 7.11 Å². The molecule has 3 N–H and O–H groups in total. The summed E-state index contributed by atoms with van der Waals surface area (Å²) in [5, 5.41) is 7.85. The topological polar surface area (TPSA) is 132 Å². The second-order valence-electron chi connectivity index (χ2n) is 7.73. The number of alkyl carbamates (subject to hydrolysis) is 2. The van der Waals surface area contributed by atoms with Crippen molar-refractivity contribution >= 4 is 24.1 Å². The molecule has 0 aromatic carbocycles. The van der Waals surface area contributed by atoms with E-state index in [0.717, 1.165) is 12.8 Å². The summed E-state index contributed by atoms with van der Waals surface area (Å²) in [6, 6.07) is -0.837. The first-order valence-corrected chi connectivity index (χ1v) is 10.3. The lowest BCUT2D eigenvalue weighted by Gasteiger charge is -2.23. The van der Waals surface area contributed by atoms with Crippen LogP contribution in [0.5, 0.6) is 0 Å². The average Bonchev–Trinajstić information content (AvgIpc) is 2.65. The zero-order valence-corrected chi connectivity index (χ0v) is 18.8. The van der Waals surface area contributed by atoms with Crippen LogP contribution in [0.2, 0.25) is 0 Å². The number of carbonyl (C=O) groups is 4. The van der Waals surface area contributed by atoms with Crippen LogP contribution in [0.15, 0.2) is 0 Å². The van der Waals surface area contributed by atoms with Crippen molar-refractivity contribution in [3.8, 4) is 0 Å². The van der Waals surface area contributed by atoms with Crippen LogP contribution in [-0.4, -0.2) is 62.5 Å². The lowest BCUT2D eigenvalue weighted by Crippen LogP contribution is -2.48. The van der Waals surface area contributed by atoms with Crippen molar-refractivity contribution in [2.75, 3.05) is 26.8 Å². The fourth-order valence-electron chi connectivity index (χ4n) is 2.25. The minimum Gasteiger partial charge on any atom is -0.469 e. The summed E-state index contributed by atoms with van der Waals surface area (Å²) in [6.45, 7) is 8.10. The van der Waals surface area contributed by atoms with E-state index in [9.17, 15) is 19.2 Å². The van der Waals surface area contributed by atoms with Crippen molar-refractivity contribution in [2.24, 2.45) is 0 Å². The Kier molecular flexibility index (Phi) is 14.0. The lowest BCUT2D eigenvalue weighted by atomic mass is 10.1. The van der Waals surface area contributed by atoms with E-state index in [1.807, 2.05) is 6.92 Å². The summed E-state index contributed by atoms with van der Waals surface area (Å²) >= 11 is 0. The Bertz CT molecular complexity index is 547. The fraction of sp³-hybridized carbons (Fsp3) is 0.800. The molecule has 10 heteroatoms. The van der Waals surface area contributed by atoms with Gasteiger partial charge in [0.2, 0.25) is 5.91 Å². The van der Waals surface area contributed by atoms with Gasteiger partial charge in [0.1, 0.15) is 11.6 Å². The van der Waals surface area contributed by atoms with Gasteiger partial charge >= 0.3 is 18.2 Å². The molecule has 0 radical (unpaired) electrons. The number of amides is 3. The molecule has 0 saturated heterocycles. The van der Waals surface area contributed by atoms with Gasteiger partial charge in [-0.1, -0.05) is 13.3 Å². The van der Waals surface area contributed by atoms with Gasteiger partial charge in [-0.05, 0) is 46.5 Å². The van der Waals surface area contributed by atoms with Crippen molar-refractivity contribution in [1.82, 2.24) is 16.0 Å². The predicted octanol–water partition coefficient (Wildman–Crippen LogP) is 2.26. The molecule has 1 atom stereocenters. The molecule has 3 amide bonds. The summed E-state index contributed by atoms with van der Waals surface area (Å²) in [7, 11) is 1.30. The van der Waals surface area contributed by atoms with E-state index in [4.69, 9.17) is 9.47 Å². The summed E-state index contributed by atoms with van der Waals surface area (Å²) in [5.74, 6) is -0.749. The maximum atomic E-state index is 12.5. The Hall–Kier alpha value is -2.52. The molecule has 0 saturated carbocycles. The van der Waals surface area contributed by atoms with Gasteiger partial charge in [-0.15, -0.1) is 0 Å². The highest BCUT2D eigenvalue weighted by Crippen LogP contribution is 2.08. The Balaban J connectivity index is 4.52. The number of ether oxygens (including phenoxy) is 3. The Labute approximate surface area is 178 Å². The molecule has 0 fully saturated rings. The van der Waals surface area contributed by atoms with Crippen molar-refractivity contribution in [3.63, 3.8) is 0 Å². The van der Waals surface area contributed by atoms with Crippen molar-refractivity contribution < 1.29 is 33.4 Å². The average molecular weight is 432 g/mol. The van der Waals surface area contributed by atoms with Gasteiger partial charge in [0.05, 0.1) is 13.7 Å². The SMILES string of the molecule is CCCCOC(=O)NCCCC(NC(=O)OC(C)(C)C)C(=O)NCCCC(=O)OC. The highest BCUT2D eigenvalue weighted by molar-refractivity contribution is 5.85. The Morgan fingerprint density at radius 1 is 0.933 bits per heavy atom. The predicted molar refractivity (Wildman–Crippen MR) is 111 cm³/mol. The molecule has 0 aliphatic heterocycles. The maximum absolute atomic E-state index is 12.5. The fourth-order valence-corrected chi connectivity index (χ4v) is 2.25. The number of nitrogens with one attached hydrogen (secondary N) is 3. The van der Waals surface area contributed by atoms with E-state index in [-0.39, 0.29) is 25.4 Å². The number of unbranched alkanes of at least 4 members (excludes halogenated alkanes) is 1. The van der Waals surface area contributed by atoms with Crippen molar-refractivity contribution in [1.29, 1.82) is 0 Å². The normalized spacial score (nSPS) is 11.8. The number of hydrogen-bond acceptors (Lipinski definition) is 7. The van der Waals surface area contributed by atoms with Gasteiger partial charge in [-0.3, -0.25) is 9.59 Å². The minimum atomic E-state index is -0.837. The molecule has 0 aliphatic rings. The molecule has 1 unspecified atom stereocenters. The molecule has 0 rings (SSSR count). The van der Waals surface area contributed by atoms with Crippen LogP contribution in [-0.2, 0) is 23.8 Å². The third-order valence-electron chi connectivity index (χ3n) is 3.76. The lowest BCUT2D eigenvalue weighted by molar-refractivity contribution is -0.140. The van der Waals surface area contributed by atoms with Crippen molar-refractivity contribution in [2.45, 2.75) is 77.9 Å². The largest absolute Gasteiger partial charge is 0.469 e. The number of esters is 1. The first-order chi connectivity index (χ1) is 14.1. The van der Waals surface area contributed by atoms with Gasteiger partial charge in [-0.25, -0.2) is 9.59 Å². The molecule has 0 aromatic rings. The Morgan fingerprint density at radius 2 is 1.60 bits per heavy atom. The van der Waals surface area contributed by atoms with Crippen LogP contribution >= 0.6 is 0 Å². The number of carbonyl (C=O) groups excluding carboxylic acids is 4. The van der Waals surface area contributed by atoms with E-state index < -0.39 is 29.7 Å². The maximum Gasteiger partial charge on any atom is 0.408 e. The second kappa shape index (κ2) is 15.3. The molecule has 0 spiro atoms.